The molecule has 1 atom stereocenters. The van der Waals surface area contributed by atoms with E-state index in [1.165, 1.54) is 0 Å². The minimum Gasteiger partial charge on any atom is -0.444 e. The topological polar surface area (TPSA) is 58.3 Å². The largest absolute Gasteiger partial charge is 0.444 e. The Labute approximate surface area is 135 Å². The fourth-order valence-corrected chi connectivity index (χ4v) is 2.43. The van der Waals surface area contributed by atoms with Gasteiger partial charge in [-0.1, -0.05) is 48.0 Å². The second kappa shape index (κ2) is 7.22. The third kappa shape index (κ3) is 4.06. The fraction of sp³-hybridized carbons (Fsp3) is 0.211. The lowest BCUT2D eigenvalue weighted by molar-refractivity contribution is 0.174. The van der Waals surface area contributed by atoms with Gasteiger partial charge in [-0.25, -0.2) is 4.98 Å². The summed E-state index contributed by atoms with van der Waals surface area (Å²) in [4.78, 5) is 4.45. The van der Waals surface area contributed by atoms with Crippen molar-refractivity contribution in [2.24, 2.45) is 0 Å². The summed E-state index contributed by atoms with van der Waals surface area (Å²) in [7, 11) is 0. The minimum absolute atomic E-state index is 0.469. The Balaban J connectivity index is 1.54. The Morgan fingerprint density at radius 3 is 2.74 bits per heavy atom. The van der Waals surface area contributed by atoms with E-state index in [-0.39, 0.29) is 0 Å². The number of aliphatic hydroxyl groups is 1. The molecule has 23 heavy (non-hydrogen) atoms. The van der Waals surface area contributed by atoms with E-state index in [9.17, 15) is 5.11 Å². The van der Waals surface area contributed by atoms with E-state index >= 15 is 0 Å². The molecular weight excluding hydrogens is 288 g/mol. The summed E-state index contributed by atoms with van der Waals surface area (Å²) in [5.74, 6) is 0.613. The van der Waals surface area contributed by atoms with Crippen molar-refractivity contribution in [2.75, 3.05) is 6.54 Å². The predicted octanol–water partition coefficient (Wildman–Crippen LogP) is 3.47. The summed E-state index contributed by atoms with van der Waals surface area (Å²) in [5, 5.41) is 13.4. The van der Waals surface area contributed by atoms with Crippen LogP contribution in [-0.2, 0) is 6.54 Å². The van der Waals surface area contributed by atoms with Crippen LogP contribution >= 0.6 is 0 Å². The highest BCUT2D eigenvalue weighted by Crippen LogP contribution is 2.18. The van der Waals surface area contributed by atoms with Crippen LogP contribution in [0.4, 0.5) is 0 Å². The summed E-state index contributed by atoms with van der Waals surface area (Å²) < 4.78 is 5.49. The lowest BCUT2D eigenvalue weighted by Crippen LogP contribution is -2.21. The molecule has 3 rings (SSSR count). The molecule has 0 aliphatic carbocycles. The van der Waals surface area contributed by atoms with Crippen molar-refractivity contribution in [1.82, 2.24) is 10.3 Å². The van der Waals surface area contributed by atoms with Gasteiger partial charge in [0.25, 0.3) is 0 Å². The van der Waals surface area contributed by atoms with E-state index in [1.54, 1.807) is 6.26 Å². The van der Waals surface area contributed by atoms with Gasteiger partial charge in [-0.15, -0.1) is 0 Å². The second-order valence-corrected chi connectivity index (χ2v) is 5.57. The number of aryl methyl sites for hydroxylation is 1. The highest BCUT2D eigenvalue weighted by molar-refractivity contribution is 5.52. The van der Waals surface area contributed by atoms with Crippen molar-refractivity contribution >= 4 is 0 Å². The highest BCUT2D eigenvalue weighted by Gasteiger charge is 2.09. The summed E-state index contributed by atoms with van der Waals surface area (Å²) >= 11 is 0. The van der Waals surface area contributed by atoms with Crippen LogP contribution in [0.2, 0.25) is 0 Å². The van der Waals surface area contributed by atoms with Gasteiger partial charge in [0.15, 0.2) is 0 Å². The van der Waals surface area contributed by atoms with Gasteiger partial charge in [-0.2, -0.15) is 0 Å². The minimum atomic E-state index is -0.532. The molecule has 0 spiro atoms. The van der Waals surface area contributed by atoms with Gasteiger partial charge in [0.2, 0.25) is 5.89 Å². The average Bonchev–Trinajstić information content (AvgIpc) is 3.04. The number of rotatable bonds is 6. The van der Waals surface area contributed by atoms with E-state index in [0.29, 0.717) is 19.0 Å². The second-order valence-electron chi connectivity index (χ2n) is 5.57. The van der Waals surface area contributed by atoms with Crippen molar-refractivity contribution in [3.8, 4) is 11.5 Å². The number of hydrogen-bond donors (Lipinski definition) is 2. The van der Waals surface area contributed by atoms with E-state index < -0.39 is 6.10 Å². The number of nitrogens with one attached hydrogen (secondary N) is 1. The molecule has 0 aliphatic heterocycles. The smallest absolute Gasteiger partial charge is 0.226 e. The van der Waals surface area contributed by atoms with Gasteiger partial charge in [0, 0.05) is 18.7 Å². The van der Waals surface area contributed by atoms with E-state index in [1.807, 2.05) is 61.5 Å². The van der Waals surface area contributed by atoms with Crippen LogP contribution in [0.15, 0.2) is 65.3 Å². The zero-order valence-electron chi connectivity index (χ0n) is 13.1. The number of hydrogen-bond acceptors (Lipinski definition) is 4. The van der Waals surface area contributed by atoms with Gasteiger partial charge in [-0.05, 0) is 24.6 Å². The molecule has 3 aromatic rings. The Bertz CT molecular complexity index is 753. The monoisotopic (exact) mass is 308 g/mol. The first-order valence-corrected chi connectivity index (χ1v) is 7.67. The third-order valence-corrected chi connectivity index (χ3v) is 3.64. The van der Waals surface area contributed by atoms with Crippen LogP contribution in [0, 0.1) is 6.92 Å². The fourth-order valence-electron chi connectivity index (χ4n) is 2.43. The van der Waals surface area contributed by atoms with Gasteiger partial charge >= 0.3 is 0 Å². The van der Waals surface area contributed by atoms with Crippen molar-refractivity contribution < 1.29 is 9.52 Å². The molecule has 0 amide bonds. The van der Waals surface area contributed by atoms with Crippen molar-refractivity contribution in [3.63, 3.8) is 0 Å². The first-order chi connectivity index (χ1) is 11.2. The zero-order valence-corrected chi connectivity index (χ0v) is 13.1. The van der Waals surface area contributed by atoms with Crippen LogP contribution in [0.1, 0.15) is 22.9 Å². The molecule has 0 bridgehead atoms. The van der Waals surface area contributed by atoms with Gasteiger partial charge in [0.1, 0.15) is 6.26 Å². The molecule has 4 nitrogen and oxygen atoms in total. The van der Waals surface area contributed by atoms with Gasteiger partial charge < -0.3 is 14.8 Å². The van der Waals surface area contributed by atoms with Crippen LogP contribution in [-0.4, -0.2) is 16.6 Å². The number of benzene rings is 2. The maximum Gasteiger partial charge on any atom is 0.226 e. The molecule has 1 aromatic heterocycles. The molecule has 1 heterocycles. The third-order valence-electron chi connectivity index (χ3n) is 3.64. The summed E-state index contributed by atoms with van der Waals surface area (Å²) in [6.45, 7) is 3.04. The summed E-state index contributed by atoms with van der Waals surface area (Å²) in [6, 6.07) is 17.7. The average molecular weight is 308 g/mol. The van der Waals surface area contributed by atoms with Crippen molar-refractivity contribution in [1.29, 1.82) is 0 Å². The molecule has 4 heteroatoms. The van der Waals surface area contributed by atoms with Crippen molar-refractivity contribution in [3.05, 3.63) is 77.7 Å². The van der Waals surface area contributed by atoms with E-state index in [0.717, 1.165) is 22.4 Å². The Kier molecular flexibility index (Phi) is 4.86. The molecule has 2 N–H and O–H groups in total. The summed E-state index contributed by atoms with van der Waals surface area (Å²) in [6.07, 6.45) is 1.12. The Hall–Kier alpha value is -2.43. The molecule has 0 fully saturated rings. The quantitative estimate of drug-likeness (QED) is 0.732. The Morgan fingerprint density at radius 2 is 1.96 bits per heavy atom. The lowest BCUT2D eigenvalue weighted by atomic mass is 10.1. The first kappa shape index (κ1) is 15.5. The molecular formula is C19H20N2O2. The molecule has 118 valence electrons. The van der Waals surface area contributed by atoms with Gasteiger partial charge in [0.05, 0.1) is 11.8 Å². The molecule has 0 radical (unpaired) electrons. The number of aromatic nitrogens is 1. The predicted molar refractivity (Wildman–Crippen MR) is 89.8 cm³/mol. The van der Waals surface area contributed by atoms with E-state index in [2.05, 4.69) is 10.3 Å². The molecule has 0 saturated heterocycles. The number of aliphatic hydroxyl groups excluding tert-OH is 1. The lowest BCUT2D eigenvalue weighted by Gasteiger charge is -2.12. The zero-order chi connectivity index (χ0) is 16.1. The molecule has 0 aliphatic rings. The van der Waals surface area contributed by atoms with Crippen LogP contribution in [0.3, 0.4) is 0 Å². The maximum absolute atomic E-state index is 10.2. The Morgan fingerprint density at radius 1 is 1.13 bits per heavy atom. The standard InChI is InChI=1S/C19H20N2O2/c1-14-6-5-9-16(10-14)18(22)12-20-11-17-13-23-19(21-17)15-7-3-2-4-8-15/h2-10,13,18,20,22H,11-12H2,1H3. The number of nitrogens with zero attached hydrogens (tertiary/aromatic N) is 1. The first-order valence-electron chi connectivity index (χ1n) is 7.67. The van der Waals surface area contributed by atoms with Crippen LogP contribution in [0.25, 0.3) is 11.5 Å². The maximum atomic E-state index is 10.2. The van der Waals surface area contributed by atoms with Crippen LogP contribution in [0.5, 0.6) is 0 Å². The van der Waals surface area contributed by atoms with Crippen molar-refractivity contribution in [2.45, 2.75) is 19.6 Å². The normalized spacial score (nSPS) is 12.3. The SMILES string of the molecule is Cc1cccc(C(O)CNCc2coc(-c3ccccc3)n2)c1. The molecule has 0 saturated carbocycles. The van der Waals surface area contributed by atoms with E-state index in [4.69, 9.17) is 4.42 Å². The molecule has 1 unspecified atom stereocenters. The van der Waals surface area contributed by atoms with Gasteiger partial charge in [-0.3, -0.25) is 0 Å². The van der Waals surface area contributed by atoms with Crippen LogP contribution < -0.4 is 5.32 Å². The number of oxazole rings is 1. The summed E-state index contributed by atoms with van der Waals surface area (Å²) in [5.41, 5.74) is 3.84. The highest BCUT2D eigenvalue weighted by atomic mass is 16.3. The molecule has 2 aromatic carbocycles.